The number of aromatic hydroxyl groups is 1. The first-order valence-electron chi connectivity index (χ1n) is 6.81. The fourth-order valence-corrected chi connectivity index (χ4v) is 1.82. The molecule has 0 aliphatic carbocycles. The minimum absolute atomic E-state index is 0.172. The number of phenolic OH excluding ortho intramolecular Hbond substituents is 1. The first-order valence-corrected chi connectivity index (χ1v) is 6.81. The van der Waals surface area contributed by atoms with Gasteiger partial charge in [0.2, 0.25) is 0 Å². The zero-order valence-corrected chi connectivity index (χ0v) is 12.3. The normalized spacial score (nSPS) is 15.8. The summed E-state index contributed by atoms with van der Waals surface area (Å²) < 4.78 is 0. The van der Waals surface area contributed by atoms with E-state index in [0.29, 0.717) is 6.42 Å². The number of aliphatic hydroxyl groups is 1. The second kappa shape index (κ2) is 7.11. The molecule has 20 heavy (non-hydrogen) atoms. The molecule has 2 N–H and O–H groups in total. The molecule has 2 atom stereocenters. The van der Waals surface area contributed by atoms with Gasteiger partial charge in [-0.15, -0.1) is 6.58 Å². The number of hydrogen-bond acceptors (Lipinski definition) is 2. The summed E-state index contributed by atoms with van der Waals surface area (Å²) in [5, 5.41) is 19.1. The minimum atomic E-state index is -0.462. The van der Waals surface area contributed by atoms with Crippen LogP contribution in [-0.2, 0) is 0 Å². The van der Waals surface area contributed by atoms with Crippen molar-refractivity contribution in [3.63, 3.8) is 0 Å². The van der Waals surface area contributed by atoms with Crippen molar-refractivity contribution in [2.45, 2.75) is 32.8 Å². The lowest BCUT2D eigenvalue weighted by molar-refractivity contribution is 0.187. The van der Waals surface area contributed by atoms with Crippen LogP contribution >= 0.6 is 0 Å². The Hall–Kier alpha value is -1.80. The molecular formula is C18H24O2. The first-order chi connectivity index (χ1) is 9.36. The molecule has 0 heterocycles. The Balaban J connectivity index is 2.71. The van der Waals surface area contributed by atoms with Crippen LogP contribution < -0.4 is 0 Å². The Labute approximate surface area is 121 Å². The largest absolute Gasteiger partial charge is 0.508 e. The van der Waals surface area contributed by atoms with Gasteiger partial charge < -0.3 is 10.2 Å². The van der Waals surface area contributed by atoms with E-state index in [9.17, 15) is 10.2 Å². The van der Waals surface area contributed by atoms with Crippen LogP contribution in [0.3, 0.4) is 0 Å². The van der Waals surface area contributed by atoms with E-state index < -0.39 is 6.10 Å². The molecule has 2 nitrogen and oxygen atoms in total. The molecule has 0 amide bonds. The molecular weight excluding hydrogens is 248 g/mol. The fraction of sp³-hybridized carbons (Fsp3) is 0.333. The number of hydrogen-bond donors (Lipinski definition) is 2. The van der Waals surface area contributed by atoms with Crippen LogP contribution in [0.1, 0.15) is 32.3 Å². The summed E-state index contributed by atoms with van der Waals surface area (Å²) in [6.45, 7) is 11.6. The second-order valence-electron chi connectivity index (χ2n) is 5.54. The standard InChI is InChI=1S/C18H24O2/c1-5-18(4,13-11-17(20)14(2)3)12-10-15-6-8-16(19)9-7-15/h5-10,12,17,19-20H,1-2,11,13H2,3-4H3/t17-,18-/m1/s1. The average Bonchev–Trinajstić information content (AvgIpc) is 2.44. The number of allylic oxidation sites excluding steroid dienone is 2. The van der Waals surface area contributed by atoms with E-state index in [1.54, 1.807) is 12.1 Å². The average molecular weight is 272 g/mol. The summed E-state index contributed by atoms with van der Waals surface area (Å²) in [4.78, 5) is 0. The highest BCUT2D eigenvalue weighted by Crippen LogP contribution is 2.29. The molecule has 0 radical (unpaired) electrons. The van der Waals surface area contributed by atoms with E-state index in [2.05, 4.69) is 26.2 Å². The van der Waals surface area contributed by atoms with Crippen molar-refractivity contribution in [2.75, 3.05) is 0 Å². The number of phenols is 1. The predicted molar refractivity (Wildman–Crippen MR) is 85.5 cm³/mol. The van der Waals surface area contributed by atoms with Gasteiger partial charge in [0.1, 0.15) is 5.75 Å². The van der Waals surface area contributed by atoms with Crippen LogP contribution in [0.25, 0.3) is 6.08 Å². The number of aliphatic hydroxyl groups excluding tert-OH is 1. The van der Waals surface area contributed by atoms with Crippen LogP contribution in [-0.4, -0.2) is 16.3 Å². The van der Waals surface area contributed by atoms with Crippen LogP contribution in [0.2, 0.25) is 0 Å². The van der Waals surface area contributed by atoms with Gasteiger partial charge in [-0.3, -0.25) is 0 Å². The maximum Gasteiger partial charge on any atom is 0.115 e. The molecule has 0 saturated carbocycles. The maximum absolute atomic E-state index is 9.82. The number of rotatable bonds is 7. The van der Waals surface area contributed by atoms with Crippen molar-refractivity contribution in [1.82, 2.24) is 0 Å². The zero-order valence-electron chi connectivity index (χ0n) is 12.3. The Bertz CT molecular complexity index is 485. The highest BCUT2D eigenvalue weighted by molar-refractivity contribution is 5.51. The molecule has 0 fully saturated rings. The molecule has 0 bridgehead atoms. The molecule has 2 heteroatoms. The lowest BCUT2D eigenvalue weighted by atomic mass is 9.83. The molecule has 1 rings (SSSR count). The van der Waals surface area contributed by atoms with Gasteiger partial charge in [-0.05, 0) is 37.5 Å². The SMILES string of the molecule is C=C[C@](C)(C=Cc1ccc(O)cc1)CC[C@@H](O)C(=C)C. The third kappa shape index (κ3) is 5.06. The lowest BCUT2D eigenvalue weighted by Gasteiger charge is -2.23. The molecule has 0 unspecified atom stereocenters. The van der Waals surface area contributed by atoms with Crippen LogP contribution in [0.4, 0.5) is 0 Å². The van der Waals surface area contributed by atoms with Crippen LogP contribution in [0.15, 0.2) is 55.1 Å². The van der Waals surface area contributed by atoms with Crippen molar-refractivity contribution in [2.24, 2.45) is 5.41 Å². The van der Waals surface area contributed by atoms with E-state index in [1.165, 1.54) is 0 Å². The van der Waals surface area contributed by atoms with Gasteiger partial charge in [0.05, 0.1) is 6.10 Å². The van der Waals surface area contributed by atoms with Crippen LogP contribution in [0, 0.1) is 5.41 Å². The summed E-state index contributed by atoms with van der Waals surface area (Å²) in [6, 6.07) is 7.04. The lowest BCUT2D eigenvalue weighted by Crippen LogP contribution is -2.15. The van der Waals surface area contributed by atoms with Gasteiger partial charge in [-0.1, -0.05) is 49.4 Å². The zero-order chi connectivity index (χ0) is 15.2. The van der Waals surface area contributed by atoms with Crippen LogP contribution in [0.5, 0.6) is 5.75 Å². The molecule has 1 aromatic rings. The Kier molecular flexibility index (Phi) is 5.78. The van der Waals surface area contributed by atoms with Crippen molar-refractivity contribution >= 4 is 6.08 Å². The minimum Gasteiger partial charge on any atom is -0.508 e. The van der Waals surface area contributed by atoms with E-state index in [0.717, 1.165) is 17.6 Å². The molecule has 1 aromatic carbocycles. The molecule has 108 valence electrons. The summed E-state index contributed by atoms with van der Waals surface area (Å²) in [5.74, 6) is 0.262. The quantitative estimate of drug-likeness (QED) is 0.726. The highest BCUT2D eigenvalue weighted by Gasteiger charge is 2.18. The Morgan fingerprint density at radius 3 is 2.45 bits per heavy atom. The second-order valence-corrected chi connectivity index (χ2v) is 5.54. The summed E-state index contributed by atoms with van der Waals surface area (Å²) in [6.07, 6.45) is 6.99. The molecule has 0 aliphatic rings. The third-order valence-electron chi connectivity index (χ3n) is 3.54. The molecule has 0 aliphatic heterocycles. The van der Waals surface area contributed by atoms with Crippen molar-refractivity contribution in [1.29, 1.82) is 0 Å². The van der Waals surface area contributed by atoms with E-state index in [4.69, 9.17) is 0 Å². The number of benzene rings is 1. The van der Waals surface area contributed by atoms with Gasteiger partial charge >= 0.3 is 0 Å². The fourth-order valence-electron chi connectivity index (χ4n) is 1.82. The van der Waals surface area contributed by atoms with Crippen molar-refractivity contribution in [3.8, 4) is 5.75 Å². The van der Waals surface area contributed by atoms with Gasteiger partial charge in [0.15, 0.2) is 0 Å². The van der Waals surface area contributed by atoms with Crippen molar-refractivity contribution in [3.05, 3.63) is 60.7 Å². The van der Waals surface area contributed by atoms with Gasteiger partial charge in [-0.25, -0.2) is 0 Å². The smallest absolute Gasteiger partial charge is 0.115 e. The van der Waals surface area contributed by atoms with E-state index in [1.807, 2.05) is 31.2 Å². The molecule has 0 saturated heterocycles. The van der Waals surface area contributed by atoms with Gasteiger partial charge in [0, 0.05) is 5.41 Å². The van der Waals surface area contributed by atoms with Gasteiger partial charge in [0.25, 0.3) is 0 Å². The topological polar surface area (TPSA) is 40.5 Å². The molecule has 0 spiro atoms. The Morgan fingerprint density at radius 2 is 1.95 bits per heavy atom. The van der Waals surface area contributed by atoms with E-state index in [-0.39, 0.29) is 11.2 Å². The predicted octanol–water partition coefficient (Wildman–Crippen LogP) is 4.31. The summed E-state index contributed by atoms with van der Waals surface area (Å²) in [7, 11) is 0. The monoisotopic (exact) mass is 272 g/mol. The van der Waals surface area contributed by atoms with E-state index >= 15 is 0 Å². The Morgan fingerprint density at radius 1 is 1.35 bits per heavy atom. The highest BCUT2D eigenvalue weighted by atomic mass is 16.3. The summed E-state index contributed by atoms with van der Waals surface area (Å²) >= 11 is 0. The summed E-state index contributed by atoms with van der Waals surface area (Å²) in [5.41, 5.74) is 1.64. The van der Waals surface area contributed by atoms with Crippen molar-refractivity contribution < 1.29 is 10.2 Å². The van der Waals surface area contributed by atoms with Gasteiger partial charge in [-0.2, -0.15) is 0 Å². The first kappa shape index (κ1) is 16.3. The molecule has 0 aromatic heterocycles. The third-order valence-corrected chi connectivity index (χ3v) is 3.54. The maximum atomic E-state index is 9.82.